The van der Waals surface area contributed by atoms with Crippen molar-refractivity contribution in [3.63, 3.8) is 0 Å². The predicted molar refractivity (Wildman–Crippen MR) is 101 cm³/mol. The standard InChI is InChI=1S/C19H20N6O2/c26-17(20-14-18(27)21-16-10-5-2-6-11-16)12-7-13-25-23-19(22-24-25)15-8-3-1-4-9-15/h1-6,8-11H,7,12-14H2,(H,20,26)(H,21,27). The number of nitrogens with one attached hydrogen (secondary N) is 2. The Morgan fingerprint density at radius 1 is 0.926 bits per heavy atom. The minimum absolute atomic E-state index is 0.0620. The SMILES string of the molecule is O=C(CCCn1nnc(-c2ccccc2)n1)NCC(=O)Nc1ccccc1. The number of anilines is 1. The second-order valence-corrected chi connectivity index (χ2v) is 5.87. The lowest BCUT2D eigenvalue weighted by Crippen LogP contribution is -2.32. The topological polar surface area (TPSA) is 102 Å². The Hall–Kier alpha value is -3.55. The normalized spacial score (nSPS) is 10.4. The van der Waals surface area contributed by atoms with E-state index in [1.54, 1.807) is 12.1 Å². The van der Waals surface area contributed by atoms with Crippen LogP contribution in [-0.4, -0.2) is 38.6 Å². The number of tetrazole rings is 1. The summed E-state index contributed by atoms with van der Waals surface area (Å²) in [7, 11) is 0. The number of amides is 2. The molecule has 0 aliphatic heterocycles. The molecule has 27 heavy (non-hydrogen) atoms. The molecule has 3 rings (SSSR count). The highest BCUT2D eigenvalue weighted by molar-refractivity contribution is 5.94. The van der Waals surface area contributed by atoms with Crippen molar-refractivity contribution >= 4 is 17.5 Å². The van der Waals surface area contributed by atoms with Crippen LogP contribution < -0.4 is 10.6 Å². The third kappa shape index (κ3) is 5.74. The van der Waals surface area contributed by atoms with Gasteiger partial charge in [0.1, 0.15) is 0 Å². The van der Waals surface area contributed by atoms with E-state index < -0.39 is 0 Å². The van der Waals surface area contributed by atoms with Gasteiger partial charge in [-0.25, -0.2) is 0 Å². The summed E-state index contributed by atoms with van der Waals surface area (Å²) in [6.45, 7) is 0.414. The van der Waals surface area contributed by atoms with Crippen LogP contribution in [0.5, 0.6) is 0 Å². The predicted octanol–water partition coefficient (Wildman–Crippen LogP) is 1.88. The lowest BCUT2D eigenvalue weighted by atomic mass is 10.2. The van der Waals surface area contributed by atoms with Crippen molar-refractivity contribution in [1.29, 1.82) is 0 Å². The summed E-state index contributed by atoms with van der Waals surface area (Å²) in [6, 6.07) is 18.7. The minimum Gasteiger partial charge on any atom is -0.347 e. The van der Waals surface area contributed by atoms with Gasteiger partial charge < -0.3 is 10.6 Å². The first kappa shape index (κ1) is 18.2. The fourth-order valence-corrected chi connectivity index (χ4v) is 2.42. The van der Waals surface area contributed by atoms with Gasteiger partial charge in [0, 0.05) is 17.7 Å². The van der Waals surface area contributed by atoms with Crippen LogP contribution in [0, 0.1) is 0 Å². The number of nitrogens with zero attached hydrogens (tertiary/aromatic N) is 4. The van der Waals surface area contributed by atoms with Crippen LogP contribution in [0.1, 0.15) is 12.8 Å². The summed E-state index contributed by atoms with van der Waals surface area (Å²) in [5.41, 5.74) is 1.59. The van der Waals surface area contributed by atoms with Crippen LogP contribution in [0.2, 0.25) is 0 Å². The highest BCUT2D eigenvalue weighted by Crippen LogP contribution is 2.11. The first-order chi connectivity index (χ1) is 13.2. The molecule has 0 atom stereocenters. The maximum Gasteiger partial charge on any atom is 0.243 e. The molecule has 2 N–H and O–H groups in total. The summed E-state index contributed by atoms with van der Waals surface area (Å²) < 4.78 is 0. The van der Waals surface area contributed by atoms with Crippen LogP contribution in [-0.2, 0) is 16.1 Å². The van der Waals surface area contributed by atoms with E-state index in [-0.39, 0.29) is 24.8 Å². The van der Waals surface area contributed by atoms with E-state index in [0.29, 0.717) is 24.5 Å². The number of rotatable bonds is 8. The monoisotopic (exact) mass is 364 g/mol. The van der Waals surface area contributed by atoms with E-state index in [1.807, 2.05) is 48.5 Å². The van der Waals surface area contributed by atoms with Gasteiger partial charge in [-0.05, 0) is 23.8 Å². The number of benzene rings is 2. The highest BCUT2D eigenvalue weighted by Gasteiger charge is 2.08. The average molecular weight is 364 g/mol. The zero-order valence-electron chi connectivity index (χ0n) is 14.7. The zero-order chi connectivity index (χ0) is 18.9. The molecule has 0 bridgehead atoms. The van der Waals surface area contributed by atoms with Crippen LogP contribution in [0.15, 0.2) is 60.7 Å². The molecule has 3 aromatic rings. The molecule has 0 unspecified atom stereocenters. The molecule has 0 fully saturated rings. The lowest BCUT2D eigenvalue weighted by molar-refractivity contribution is -0.124. The molecule has 0 aliphatic carbocycles. The van der Waals surface area contributed by atoms with E-state index in [0.717, 1.165) is 5.56 Å². The Kier molecular flexibility index (Phi) is 6.24. The molecule has 138 valence electrons. The van der Waals surface area contributed by atoms with Crippen LogP contribution in [0.25, 0.3) is 11.4 Å². The number of aromatic nitrogens is 4. The Balaban J connectivity index is 1.36. The van der Waals surface area contributed by atoms with Crippen molar-refractivity contribution in [3.05, 3.63) is 60.7 Å². The van der Waals surface area contributed by atoms with Gasteiger partial charge in [0.05, 0.1) is 13.1 Å². The maximum absolute atomic E-state index is 11.9. The number of hydrogen-bond donors (Lipinski definition) is 2. The van der Waals surface area contributed by atoms with Gasteiger partial charge in [-0.15, -0.1) is 10.2 Å². The second-order valence-electron chi connectivity index (χ2n) is 5.87. The van der Waals surface area contributed by atoms with Gasteiger partial charge in [0.15, 0.2) is 0 Å². The fourth-order valence-electron chi connectivity index (χ4n) is 2.42. The largest absolute Gasteiger partial charge is 0.347 e. The van der Waals surface area contributed by atoms with Crippen molar-refractivity contribution in [2.75, 3.05) is 11.9 Å². The van der Waals surface area contributed by atoms with Crippen LogP contribution in [0.3, 0.4) is 0 Å². The molecule has 8 heteroatoms. The van der Waals surface area contributed by atoms with E-state index in [4.69, 9.17) is 0 Å². The minimum atomic E-state index is -0.264. The highest BCUT2D eigenvalue weighted by atomic mass is 16.2. The first-order valence-corrected chi connectivity index (χ1v) is 8.65. The van der Waals surface area contributed by atoms with Gasteiger partial charge in [-0.3, -0.25) is 9.59 Å². The zero-order valence-corrected chi connectivity index (χ0v) is 14.7. The fraction of sp³-hybridized carbons (Fsp3) is 0.211. The number of carbonyl (C=O) groups is 2. The van der Waals surface area contributed by atoms with E-state index in [2.05, 4.69) is 26.0 Å². The maximum atomic E-state index is 11.9. The summed E-state index contributed by atoms with van der Waals surface area (Å²) in [6.07, 6.45) is 0.831. The van der Waals surface area contributed by atoms with Crippen molar-refractivity contribution in [2.45, 2.75) is 19.4 Å². The quantitative estimate of drug-likeness (QED) is 0.635. The van der Waals surface area contributed by atoms with Crippen molar-refractivity contribution in [3.8, 4) is 11.4 Å². The number of carbonyl (C=O) groups excluding carboxylic acids is 2. The third-order valence-corrected chi connectivity index (χ3v) is 3.75. The summed E-state index contributed by atoms with van der Waals surface area (Å²) in [4.78, 5) is 25.1. The van der Waals surface area contributed by atoms with Crippen molar-refractivity contribution in [2.24, 2.45) is 0 Å². The first-order valence-electron chi connectivity index (χ1n) is 8.65. The van der Waals surface area contributed by atoms with Gasteiger partial charge in [-0.2, -0.15) is 4.80 Å². The molecular formula is C19H20N6O2. The number of hydrogen-bond acceptors (Lipinski definition) is 5. The molecular weight excluding hydrogens is 344 g/mol. The summed E-state index contributed by atoms with van der Waals surface area (Å²) in [5, 5.41) is 17.6. The molecule has 0 radical (unpaired) electrons. The lowest BCUT2D eigenvalue weighted by Gasteiger charge is -2.06. The average Bonchev–Trinajstić information content (AvgIpc) is 3.17. The number of para-hydroxylation sites is 1. The Labute approximate surface area is 156 Å². The Morgan fingerprint density at radius 3 is 2.37 bits per heavy atom. The van der Waals surface area contributed by atoms with Crippen molar-refractivity contribution < 1.29 is 9.59 Å². The molecule has 1 aromatic heterocycles. The molecule has 2 amide bonds. The molecule has 2 aromatic carbocycles. The molecule has 8 nitrogen and oxygen atoms in total. The van der Waals surface area contributed by atoms with Crippen LogP contribution >= 0.6 is 0 Å². The second kappa shape index (κ2) is 9.23. The Morgan fingerprint density at radius 2 is 1.63 bits per heavy atom. The summed E-state index contributed by atoms with van der Waals surface area (Å²) in [5.74, 6) is 0.0965. The molecule has 0 saturated heterocycles. The smallest absolute Gasteiger partial charge is 0.243 e. The Bertz CT molecular complexity index is 879. The summed E-state index contributed by atoms with van der Waals surface area (Å²) >= 11 is 0. The molecule has 1 heterocycles. The van der Waals surface area contributed by atoms with E-state index >= 15 is 0 Å². The van der Waals surface area contributed by atoms with Gasteiger partial charge in [-0.1, -0.05) is 48.5 Å². The third-order valence-electron chi connectivity index (χ3n) is 3.75. The number of aryl methyl sites for hydroxylation is 1. The molecule has 0 aliphatic rings. The van der Waals surface area contributed by atoms with Crippen molar-refractivity contribution in [1.82, 2.24) is 25.5 Å². The van der Waals surface area contributed by atoms with Gasteiger partial charge in [0.2, 0.25) is 17.6 Å². The van der Waals surface area contributed by atoms with E-state index in [1.165, 1.54) is 4.80 Å². The van der Waals surface area contributed by atoms with Gasteiger partial charge in [0.25, 0.3) is 0 Å². The molecule has 0 spiro atoms. The molecule has 0 saturated carbocycles. The van der Waals surface area contributed by atoms with Gasteiger partial charge >= 0.3 is 0 Å². The van der Waals surface area contributed by atoms with E-state index in [9.17, 15) is 9.59 Å². The van der Waals surface area contributed by atoms with Crippen LogP contribution in [0.4, 0.5) is 5.69 Å².